The first kappa shape index (κ1) is 20.9. The van der Waals surface area contributed by atoms with E-state index in [2.05, 4.69) is 15.5 Å². The maximum Gasteiger partial charge on any atom is 0.341 e. The molecule has 3 rings (SSSR count). The van der Waals surface area contributed by atoms with Crippen LogP contribution in [0.3, 0.4) is 0 Å². The Morgan fingerprint density at radius 2 is 2.00 bits per heavy atom. The van der Waals surface area contributed by atoms with Crippen molar-refractivity contribution in [3.05, 3.63) is 65.7 Å². The predicted octanol–water partition coefficient (Wildman–Crippen LogP) is 4.19. The number of nitrogens with zero attached hydrogens (tertiary/aromatic N) is 2. The number of nitrogens with one attached hydrogen (secondary N) is 1. The highest BCUT2D eigenvalue weighted by molar-refractivity contribution is 7.98. The number of hydrogen-bond acceptors (Lipinski definition) is 8. The van der Waals surface area contributed by atoms with Gasteiger partial charge in [0.05, 0.1) is 11.3 Å². The first-order chi connectivity index (χ1) is 14.0. The lowest BCUT2D eigenvalue weighted by Gasteiger charge is -2.09. The molecular formula is C20H19N3O4S2. The van der Waals surface area contributed by atoms with Gasteiger partial charge in [-0.2, -0.15) is 0 Å². The first-order valence-electron chi connectivity index (χ1n) is 8.66. The number of benzene rings is 1. The zero-order chi connectivity index (χ0) is 20.6. The Morgan fingerprint density at radius 1 is 1.21 bits per heavy atom. The molecule has 7 nitrogen and oxygen atoms in total. The molecule has 1 amide bonds. The van der Waals surface area contributed by atoms with Crippen molar-refractivity contribution in [2.75, 3.05) is 18.2 Å². The smallest absolute Gasteiger partial charge is 0.341 e. The highest BCUT2D eigenvalue weighted by Gasteiger charge is 2.16. The van der Waals surface area contributed by atoms with Crippen LogP contribution < -0.4 is 5.32 Å². The van der Waals surface area contributed by atoms with Crippen molar-refractivity contribution in [2.24, 2.45) is 0 Å². The summed E-state index contributed by atoms with van der Waals surface area (Å²) in [5.74, 6) is 0.202. The lowest BCUT2D eigenvalue weighted by molar-refractivity contribution is -0.119. The molecular weight excluding hydrogens is 410 g/mol. The second-order valence-electron chi connectivity index (χ2n) is 5.93. The number of carbonyl (C=O) groups is 2. The van der Waals surface area contributed by atoms with Gasteiger partial charge in [0.25, 0.3) is 5.91 Å². The second-order valence-corrected chi connectivity index (χ2v) is 7.77. The number of rotatable bonds is 8. The van der Waals surface area contributed by atoms with E-state index in [4.69, 9.17) is 9.26 Å². The molecule has 1 N–H and O–H groups in total. The normalized spacial score (nSPS) is 10.6. The number of hydrogen-bond donors (Lipinski definition) is 1. The van der Waals surface area contributed by atoms with Crippen LogP contribution in [0.4, 0.5) is 5.69 Å². The largest absolute Gasteiger partial charge is 0.452 e. The van der Waals surface area contributed by atoms with Crippen LogP contribution in [0.15, 0.2) is 63.1 Å². The number of ether oxygens (including phenoxy) is 1. The molecule has 0 aliphatic heterocycles. The van der Waals surface area contributed by atoms with E-state index in [1.807, 2.05) is 31.4 Å². The summed E-state index contributed by atoms with van der Waals surface area (Å²) in [6.45, 7) is 1.43. The highest BCUT2D eigenvalue weighted by atomic mass is 32.2. The Balaban J connectivity index is 1.55. The third-order valence-corrected chi connectivity index (χ3v) is 5.52. The monoisotopic (exact) mass is 429 g/mol. The Morgan fingerprint density at radius 3 is 2.69 bits per heavy atom. The van der Waals surface area contributed by atoms with Crippen molar-refractivity contribution in [1.29, 1.82) is 0 Å². The average molecular weight is 430 g/mol. The molecule has 0 aliphatic carbocycles. The van der Waals surface area contributed by atoms with E-state index < -0.39 is 11.9 Å². The van der Waals surface area contributed by atoms with E-state index in [1.165, 1.54) is 11.8 Å². The molecule has 0 saturated carbocycles. The van der Waals surface area contributed by atoms with Crippen LogP contribution in [0.5, 0.6) is 0 Å². The Kier molecular flexibility index (Phi) is 7.31. The quantitative estimate of drug-likeness (QED) is 0.421. The number of pyridine rings is 1. The van der Waals surface area contributed by atoms with Gasteiger partial charge in [0, 0.05) is 28.6 Å². The molecule has 0 spiro atoms. The molecule has 2 aromatic heterocycles. The summed E-state index contributed by atoms with van der Waals surface area (Å²) in [5, 5.41) is 7.13. The summed E-state index contributed by atoms with van der Waals surface area (Å²) in [7, 11) is 0. The van der Waals surface area contributed by atoms with Gasteiger partial charge in [-0.3, -0.25) is 4.79 Å². The van der Waals surface area contributed by atoms with Gasteiger partial charge in [-0.15, -0.1) is 11.8 Å². The van der Waals surface area contributed by atoms with Gasteiger partial charge in [-0.1, -0.05) is 16.9 Å². The number of carbonyl (C=O) groups excluding carboxylic acids is 2. The average Bonchev–Trinajstić information content (AvgIpc) is 3.16. The fourth-order valence-corrected chi connectivity index (χ4v) is 3.64. The summed E-state index contributed by atoms with van der Waals surface area (Å²) in [4.78, 5) is 29.8. The number of aryl methyl sites for hydroxylation is 1. The van der Waals surface area contributed by atoms with Crippen molar-refractivity contribution in [1.82, 2.24) is 10.1 Å². The molecule has 150 valence electrons. The van der Waals surface area contributed by atoms with E-state index >= 15 is 0 Å². The first-order valence-corrected chi connectivity index (χ1v) is 10.9. The fraction of sp³-hybridized carbons (Fsp3) is 0.200. The maximum absolute atomic E-state index is 12.4. The summed E-state index contributed by atoms with van der Waals surface area (Å²) < 4.78 is 10.2. The third kappa shape index (κ3) is 6.10. The molecule has 2 heterocycles. The zero-order valence-electron chi connectivity index (χ0n) is 15.9. The minimum atomic E-state index is -0.607. The molecule has 0 bridgehead atoms. The van der Waals surface area contributed by atoms with Crippen LogP contribution in [0, 0.1) is 6.92 Å². The molecule has 0 atom stereocenters. The molecule has 0 aliphatic rings. The van der Waals surface area contributed by atoms with Gasteiger partial charge in [-0.25, -0.2) is 9.78 Å². The summed E-state index contributed by atoms with van der Waals surface area (Å²) >= 11 is 2.96. The molecule has 1 aromatic carbocycles. The van der Waals surface area contributed by atoms with Crippen molar-refractivity contribution < 1.29 is 18.8 Å². The third-order valence-electron chi connectivity index (χ3n) is 3.73. The van der Waals surface area contributed by atoms with Crippen LogP contribution in [0.1, 0.15) is 21.8 Å². The van der Waals surface area contributed by atoms with Crippen LogP contribution in [-0.4, -0.2) is 34.9 Å². The standard InChI is InChI=1S/C20H19N3O4S2/c1-13-10-15(23-27-13)12-29-19-17(4-3-9-21-19)20(25)26-11-18(24)22-14-5-7-16(28-2)8-6-14/h3-10H,11-12H2,1-2H3,(H,22,24). The second kappa shape index (κ2) is 10.1. The minimum absolute atomic E-state index is 0.301. The van der Waals surface area contributed by atoms with E-state index in [9.17, 15) is 9.59 Å². The Bertz CT molecular complexity index is 989. The van der Waals surface area contributed by atoms with Crippen molar-refractivity contribution >= 4 is 41.1 Å². The van der Waals surface area contributed by atoms with Crippen molar-refractivity contribution in [3.63, 3.8) is 0 Å². The molecule has 3 aromatic rings. The Labute approximate surface area is 176 Å². The summed E-state index contributed by atoms with van der Waals surface area (Å²) in [5.41, 5.74) is 1.70. The SMILES string of the molecule is CSc1ccc(NC(=O)COC(=O)c2cccnc2SCc2cc(C)on2)cc1. The number of esters is 1. The molecule has 0 unspecified atom stereocenters. The van der Waals surface area contributed by atoms with Crippen LogP contribution >= 0.6 is 23.5 Å². The van der Waals surface area contributed by atoms with E-state index in [-0.39, 0.29) is 6.61 Å². The van der Waals surface area contributed by atoms with Gasteiger partial charge >= 0.3 is 5.97 Å². The van der Waals surface area contributed by atoms with Crippen molar-refractivity contribution in [3.8, 4) is 0 Å². The summed E-state index contributed by atoms with van der Waals surface area (Å²) in [6.07, 6.45) is 3.57. The molecule has 29 heavy (non-hydrogen) atoms. The van der Waals surface area contributed by atoms with E-state index in [0.717, 1.165) is 16.3 Å². The Hall–Kier alpha value is -2.78. The summed E-state index contributed by atoms with van der Waals surface area (Å²) in [6, 6.07) is 12.5. The number of anilines is 1. The predicted molar refractivity (Wildman–Crippen MR) is 112 cm³/mol. The van der Waals surface area contributed by atoms with Gasteiger partial charge in [0.2, 0.25) is 0 Å². The van der Waals surface area contributed by atoms with Crippen LogP contribution in [0.2, 0.25) is 0 Å². The van der Waals surface area contributed by atoms with Gasteiger partial charge in [-0.05, 0) is 49.6 Å². The lowest BCUT2D eigenvalue weighted by Crippen LogP contribution is -2.21. The molecule has 0 radical (unpaired) electrons. The number of amides is 1. The van der Waals surface area contributed by atoms with Gasteiger partial charge < -0.3 is 14.6 Å². The molecule has 0 saturated heterocycles. The van der Waals surface area contributed by atoms with Crippen LogP contribution in [0.25, 0.3) is 0 Å². The zero-order valence-corrected chi connectivity index (χ0v) is 17.5. The molecule has 0 fully saturated rings. The van der Waals surface area contributed by atoms with E-state index in [0.29, 0.717) is 22.0 Å². The van der Waals surface area contributed by atoms with Gasteiger partial charge in [0.1, 0.15) is 10.8 Å². The lowest BCUT2D eigenvalue weighted by atomic mass is 10.3. The highest BCUT2D eigenvalue weighted by Crippen LogP contribution is 2.24. The van der Waals surface area contributed by atoms with Gasteiger partial charge in [0.15, 0.2) is 6.61 Å². The van der Waals surface area contributed by atoms with Crippen LogP contribution in [-0.2, 0) is 15.3 Å². The fourth-order valence-electron chi connectivity index (χ4n) is 2.37. The topological polar surface area (TPSA) is 94.3 Å². The number of aromatic nitrogens is 2. The minimum Gasteiger partial charge on any atom is -0.452 e. The van der Waals surface area contributed by atoms with E-state index in [1.54, 1.807) is 42.2 Å². The number of thioether (sulfide) groups is 2. The van der Waals surface area contributed by atoms with Crippen molar-refractivity contribution in [2.45, 2.75) is 22.6 Å². The maximum atomic E-state index is 12.4. The molecule has 9 heteroatoms.